The molecule has 1 unspecified atom stereocenters. The highest BCUT2D eigenvalue weighted by Crippen LogP contribution is 2.36. The summed E-state index contributed by atoms with van der Waals surface area (Å²) in [5, 5.41) is 8.61. The minimum atomic E-state index is -0.912. The van der Waals surface area contributed by atoms with E-state index in [1.165, 1.54) is 4.88 Å². The number of carboxylic acid groups (broad SMARTS) is 1. The van der Waals surface area contributed by atoms with Gasteiger partial charge in [0.1, 0.15) is 6.61 Å². The van der Waals surface area contributed by atoms with Gasteiger partial charge in [0.15, 0.2) is 0 Å². The van der Waals surface area contributed by atoms with Crippen molar-refractivity contribution in [3.63, 3.8) is 0 Å². The molecule has 0 amide bonds. The van der Waals surface area contributed by atoms with E-state index in [2.05, 4.69) is 39.9 Å². The molecule has 0 radical (unpaired) electrons. The van der Waals surface area contributed by atoms with E-state index in [0.29, 0.717) is 6.04 Å². The monoisotopic (exact) mass is 333 g/mol. The Morgan fingerprint density at radius 2 is 2.33 bits per heavy atom. The SMILES string of the molecule is CC(c1ccc(Br)s1)N1CC(C)(OCC(=O)O)C1. The van der Waals surface area contributed by atoms with E-state index < -0.39 is 5.97 Å². The molecule has 1 aliphatic heterocycles. The average molecular weight is 334 g/mol. The van der Waals surface area contributed by atoms with Gasteiger partial charge in [-0.2, -0.15) is 0 Å². The summed E-state index contributed by atoms with van der Waals surface area (Å²) in [6, 6.07) is 4.52. The smallest absolute Gasteiger partial charge is 0.329 e. The fourth-order valence-electron chi connectivity index (χ4n) is 2.15. The number of thiophene rings is 1. The van der Waals surface area contributed by atoms with Crippen LogP contribution >= 0.6 is 27.3 Å². The van der Waals surface area contributed by atoms with E-state index in [9.17, 15) is 4.79 Å². The highest BCUT2D eigenvalue weighted by Gasteiger charge is 2.42. The molecule has 1 aromatic heterocycles. The van der Waals surface area contributed by atoms with Crippen LogP contribution in [0.15, 0.2) is 15.9 Å². The van der Waals surface area contributed by atoms with Crippen molar-refractivity contribution in [2.45, 2.75) is 25.5 Å². The lowest BCUT2D eigenvalue weighted by Gasteiger charge is -2.49. The fourth-order valence-corrected chi connectivity index (χ4v) is 3.66. The molecule has 0 saturated carbocycles. The van der Waals surface area contributed by atoms with Gasteiger partial charge in [0.25, 0.3) is 0 Å². The maximum absolute atomic E-state index is 10.5. The van der Waals surface area contributed by atoms with E-state index in [4.69, 9.17) is 9.84 Å². The van der Waals surface area contributed by atoms with E-state index in [1.54, 1.807) is 11.3 Å². The third-order valence-electron chi connectivity index (χ3n) is 3.17. The van der Waals surface area contributed by atoms with E-state index >= 15 is 0 Å². The molecule has 0 aromatic carbocycles. The number of aliphatic carboxylic acids is 1. The van der Waals surface area contributed by atoms with Gasteiger partial charge in [-0.3, -0.25) is 4.90 Å². The van der Waals surface area contributed by atoms with Crippen LogP contribution in [0.5, 0.6) is 0 Å². The van der Waals surface area contributed by atoms with Crippen LogP contribution in [0.1, 0.15) is 24.8 Å². The summed E-state index contributed by atoms with van der Waals surface area (Å²) < 4.78 is 6.54. The van der Waals surface area contributed by atoms with Crippen LogP contribution in [-0.4, -0.2) is 41.3 Å². The summed E-state index contributed by atoms with van der Waals surface area (Å²) in [5.41, 5.74) is -0.318. The quantitative estimate of drug-likeness (QED) is 0.900. The van der Waals surface area contributed by atoms with Gasteiger partial charge in [-0.1, -0.05) is 0 Å². The number of rotatable bonds is 5. The summed E-state index contributed by atoms with van der Waals surface area (Å²) in [5.74, 6) is -0.912. The maximum atomic E-state index is 10.5. The van der Waals surface area contributed by atoms with Crippen molar-refractivity contribution in [1.29, 1.82) is 0 Å². The highest BCUT2D eigenvalue weighted by atomic mass is 79.9. The maximum Gasteiger partial charge on any atom is 0.329 e. The Balaban J connectivity index is 1.86. The van der Waals surface area contributed by atoms with E-state index in [-0.39, 0.29) is 12.2 Å². The van der Waals surface area contributed by atoms with Crippen LogP contribution in [0.2, 0.25) is 0 Å². The predicted molar refractivity (Wildman–Crippen MR) is 74.0 cm³/mol. The molecule has 0 bridgehead atoms. The normalized spacial score (nSPS) is 20.4. The lowest BCUT2D eigenvalue weighted by atomic mass is 9.94. The molecule has 1 aromatic rings. The molecule has 1 atom stereocenters. The Labute approximate surface area is 119 Å². The third kappa shape index (κ3) is 3.12. The molecule has 1 N–H and O–H groups in total. The van der Waals surface area contributed by atoms with Crippen LogP contribution in [0.25, 0.3) is 0 Å². The number of likely N-dealkylation sites (tertiary alicyclic amines) is 1. The van der Waals surface area contributed by atoms with E-state index in [0.717, 1.165) is 16.9 Å². The first kappa shape index (κ1) is 14.0. The van der Waals surface area contributed by atoms with Gasteiger partial charge in [-0.25, -0.2) is 4.79 Å². The second-order valence-electron chi connectivity index (χ2n) is 4.86. The van der Waals surface area contributed by atoms with Crippen molar-refractivity contribution in [3.8, 4) is 0 Å². The van der Waals surface area contributed by atoms with Gasteiger partial charge < -0.3 is 9.84 Å². The Morgan fingerprint density at radius 1 is 1.67 bits per heavy atom. The number of ether oxygens (including phenoxy) is 1. The van der Waals surface area contributed by atoms with Crippen molar-refractivity contribution in [2.75, 3.05) is 19.7 Å². The minimum Gasteiger partial charge on any atom is -0.480 e. The first-order chi connectivity index (χ1) is 8.39. The van der Waals surface area contributed by atoms with Crippen molar-refractivity contribution >= 4 is 33.2 Å². The highest BCUT2D eigenvalue weighted by molar-refractivity contribution is 9.11. The number of hydrogen-bond acceptors (Lipinski definition) is 4. The Morgan fingerprint density at radius 3 is 2.83 bits per heavy atom. The summed E-state index contributed by atoms with van der Waals surface area (Å²) in [7, 11) is 0. The third-order valence-corrected chi connectivity index (χ3v) is 4.97. The molecule has 0 spiro atoms. The second kappa shape index (κ2) is 5.28. The van der Waals surface area contributed by atoms with Crippen molar-refractivity contribution in [3.05, 3.63) is 20.8 Å². The molecule has 18 heavy (non-hydrogen) atoms. The number of nitrogens with zero attached hydrogens (tertiary/aromatic N) is 1. The predicted octanol–water partition coefficient (Wildman–Crippen LogP) is 2.75. The molecule has 1 aliphatic rings. The number of carboxylic acids is 1. The zero-order valence-electron chi connectivity index (χ0n) is 10.4. The first-order valence-corrected chi connectivity index (χ1v) is 7.36. The average Bonchev–Trinajstić information content (AvgIpc) is 2.68. The van der Waals surface area contributed by atoms with Crippen molar-refractivity contribution in [2.24, 2.45) is 0 Å². The molecule has 2 heterocycles. The minimum absolute atomic E-state index is 0.219. The Hall–Kier alpha value is -0.430. The van der Waals surface area contributed by atoms with Crippen LogP contribution in [0.4, 0.5) is 0 Å². The lowest BCUT2D eigenvalue weighted by Crippen LogP contribution is -2.62. The standard InChI is InChI=1S/C12H16BrNO3S/c1-8(9-3-4-10(13)18-9)14-6-12(2,7-14)17-5-11(15)16/h3-4,8H,5-7H2,1-2H3,(H,15,16). The first-order valence-electron chi connectivity index (χ1n) is 5.75. The van der Waals surface area contributed by atoms with Crippen molar-refractivity contribution < 1.29 is 14.6 Å². The van der Waals surface area contributed by atoms with Crippen molar-refractivity contribution in [1.82, 2.24) is 4.90 Å². The Kier molecular flexibility index (Phi) is 4.11. The number of halogens is 1. The van der Waals surface area contributed by atoms with Gasteiger partial charge in [0.2, 0.25) is 0 Å². The van der Waals surface area contributed by atoms with Gasteiger partial charge >= 0.3 is 5.97 Å². The van der Waals surface area contributed by atoms with Gasteiger partial charge in [0.05, 0.1) is 9.39 Å². The van der Waals surface area contributed by atoms with Gasteiger partial charge in [-0.05, 0) is 41.9 Å². The molecule has 2 rings (SSSR count). The zero-order chi connectivity index (χ0) is 13.3. The molecule has 100 valence electrons. The molecule has 4 nitrogen and oxygen atoms in total. The van der Waals surface area contributed by atoms with Crippen LogP contribution in [0.3, 0.4) is 0 Å². The topological polar surface area (TPSA) is 49.8 Å². The molecule has 1 saturated heterocycles. The van der Waals surface area contributed by atoms with Crippen LogP contribution in [0, 0.1) is 0 Å². The summed E-state index contributed by atoms with van der Waals surface area (Å²) >= 11 is 5.19. The number of carbonyl (C=O) groups is 1. The lowest BCUT2D eigenvalue weighted by molar-refractivity contribution is -0.169. The molecule has 1 fully saturated rings. The molecule has 6 heteroatoms. The number of hydrogen-bond donors (Lipinski definition) is 1. The van der Waals surface area contributed by atoms with Gasteiger partial charge in [-0.15, -0.1) is 11.3 Å². The molecule has 0 aliphatic carbocycles. The summed E-state index contributed by atoms with van der Waals surface area (Å²) in [4.78, 5) is 14.1. The largest absolute Gasteiger partial charge is 0.480 e. The van der Waals surface area contributed by atoms with E-state index in [1.807, 2.05) is 6.92 Å². The van der Waals surface area contributed by atoms with Crippen LogP contribution in [-0.2, 0) is 9.53 Å². The molecular weight excluding hydrogens is 318 g/mol. The van der Waals surface area contributed by atoms with Gasteiger partial charge in [0, 0.05) is 24.0 Å². The Bertz CT molecular complexity index is 442. The fraction of sp³-hybridized carbons (Fsp3) is 0.583. The summed E-state index contributed by atoms with van der Waals surface area (Å²) in [6.07, 6.45) is 0. The second-order valence-corrected chi connectivity index (χ2v) is 7.35. The zero-order valence-corrected chi connectivity index (χ0v) is 12.8. The molecular formula is C12H16BrNO3S. The van der Waals surface area contributed by atoms with Crippen LogP contribution < -0.4 is 0 Å². The summed E-state index contributed by atoms with van der Waals surface area (Å²) in [6.45, 7) is 5.45.